The highest BCUT2D eigenvalue weighted by Crippen LogP contribution is 2.17. The second-order valence-electron chi connectivity index (χ2n) is 7.16. The third-order valence-electron chi connectivity index (χ3n) is 3.85. The van der Waals surface area contributed by atoms with Gasteiger partial charge in [0.1, 0.15) is 5.76 Å². The van der Waals surface area contributed by atoms with Crippen molar-refractivity contribution in [2.45, 2.75) is 64.8 Å². The van der Waals surface area contributed by atoms with E-state index in [-0.39, 0.29) is 5.54 Å². The smallest absolute Gasteiger partial charge is 0.122 e. The predicted octanol–water partition coefficient (Wildman–Crippen LogP) is 3.17. The molecule has 0 spiro atoms. The zero-order valence-electron chi connectivity index (χ0n) is 13.9. The van der Waals surface area contributed by atoms with Crippen LogP contribution in [0.2, 0.25) is 0 Å². The van der Waals surface area contributed by atoms with E-state index in [1.807, 2.05) is 0 Å². The molecule has 0 aliphatic carbocycles. The molecule has 0 bridgehead atoms. The zero-order valence-corrected chi connectivity index (χ0v) is 13.9. The maximum absolute atomic E-state index is 5.81. The molecule has 1 unspecified atom stereocenters. The van der Waals surface area contributed by atoms with Crippen LogP contribution in [0.4, 0.5) is 0 Å². The highest BCUT2D eigenvalue weighted by molar-refractivity contribution is 5.17. The van der Waals surface area contributed by atoms with Gasteiger partial charge in [0.05, 0.1) is 18.9 Å². The molecule has 0 saturated carbocycles. The van der Waals surface area contributed by atoms with Gasteiger partial charge in [0, 0.05) is 30.8 Å². The summed E-state index contributed by atoms with van der Waals surface area (Å²) in [6.45, 7) is 10.1. The quantitative estimate of drug-likeness (QED) is 0.874. The van der Waals surface area contributed by atoms with E-state index in [1.54, 1.807) is 6.26 Å². The highest BCUT2D eigenvalue weighted by atomic mass is 16.5. The molecule has 4 nitrogen and oxygen atoms in total. The summed E-state index contributed by atoms with van der Waals surface area (Å²) in [5.74, 6) is 1.04. The molecule has 2 heterocycles. The van der Waals surface area contributed by atoms with Crippen LogP contribution in [0.3, 0.4) is 0 Å². The minimum absolute atomic E-state index is 0.103. The van der Waals surface area contributed by atoms with Gasteiger partial charge >= 0.3 is 0 Å². The van der Waals surface area contributed by atoms with Gasteiger partial charge in [0.25, 0.3) is 0 Å². The van der Waals surface area contributed by atoms with Crippen molar-refractivity contribution in [3.63, 3.8) is 0 Å². The maximum Gasteiger partial charge on any atom is 0.122 e. The van der Waals surface area contributed by atoms with Crippen molar-refractivity contribution in [1.82, 2.24) is 10.2 Å². The summed E-state index contributed by atoms with van der Waals surface area (Å²) in [5, 5.41) is 3.48. The SMILES string of the molecule is CN(Cc1ccoc1CNC(C)(C)C)CC1CCCCO1. The Kier molecular flexibility index (Phi) is 5.85. The second-order valence-corrected chi connectivity index (χ2v) is 7.16. The van der Waals surface area contributed by atoms with Gasteiger partial charge in [-0.3, -0.25) is 4.90 Å². The zero-order chi connectivity index (χ0) is 15.3. The Hall–Kier alpha value is -0.840. The molecule has 120 valence electrons. The summed E-state index contributed by atoms with van der Waals surface area (Å²) in [5.41, 5.74) is 1.37. The number of ether oxygens (including phenoxy) is 1. The first-order valence-corrected chi connectivity index (χ1v) is 8.04. The van der Waals surface area contributed by atoms with E-state index in [2.05, 4.69) is 44.1 Å². The van der Waals surface area contributed by atoms with Gasteiger partial charge in [-0.25, -0.2) is 0 Å². The Morgan fingerprint density at radius 1 is 1.33 bits per heavy atom. The molecule has 1 aliphatic rings. The number of nitrogens with one attached hydrogen (secondary N) is 1. The minimum Gasteiger partial charge on any atom is -0.468 e. The van der Waals surface area contributed by atoms with Crippen LogP contribution in [0, 0.1) is 0 Å². The number of likely N-dealkylation sites (N-methyl/N-ethyl adjacent to an activating group) is 1. The van der Waals surface area contributed by atoms with E-state index in [0.717, 1.165) is 32.0 Å². The van der Waals surface area contributed by atoms with Crippen molar-refractivity contribution in [1.29, 1.82) is 0 Å². The van der Waals surface area contributed by atoms with Crippen molar-refractivity contribution in [2.75, 3.05) is 20.2 Å². The van der Waals surface area contributed by atoms with Crippen LogP contribution in [-0.4, -0.2) is 36.7 Å². The van der Waals surface area contributed by atoms with Gasteiger partial charge in [-0.15, -0.1) is 0 Å². The Balaban J connectivity index is 1.83. The third kappa shape index (κ3) is 5.81. The topological polar surface area (TPSA) is 37.6 Å². The molecule has 4 heteroatoms. The van der Waals surface area contributed by atoms with E-state index in [9.17, 15) is 0 Å². The number of furan rings is 1. The van der Waals surface area contributed by atoms with E-state index in [4.69, 9.17) is 9.15 Å². The molecule has 0 amide bonds. The Labute approximate surface area is 128 Å². The molecule has 2 rings (SSSR count). The Bertz CT molecular complexity index is 417. The first-order valence-electron chi connectivity index (χ1n) is 8.04. The van der Waals surface area contributed by atoms with Crippen LogP contribution >= 0.6 is 0 Å². The molecule has 1 saturated heterocycles. The van der Waals surface area contributed by atoms with Gasteiger partial charge in [-0.2, -0.15) is 0 Å². The molecular formula is C17H30N2O2. The molecule has 1 N–H and O–H groups in total. The lowest BCUT2D eigenvalue weighted by atomic mass is 10.1. The number of rotatable bonds is 6. The first-order chi connectivity index (χ1) is 9.94. The van der Waals surface area contributed by atoms with Crippen LogP contribution in [0.5, 0.6) is 0 Å². The van der Waals surface area contributed by atoms with E-state index >= 15 is 0 Å². The van der Waals surface area contributed by atoms with Gasteiger partial charge in [0.2, 0.25) is 0 Å². The Morgan fingerprint density at radius 2 is 2.14 bits per heavy atom. The average Bonchev–Trinajstić information content (AvgIpc) is 2.84. The van der Waals surface area contributed by atoms with Gasteiger partial charge < -0.3 is 14.5 Å². The monoisotopic (exact) mass is 294 g/mol. The van der Waals surface area contributed by atoms with E-state index < -0.39 is 0 Å². The molecular weight excluding hydrogens is 264 g/mol. The summed E-state index contributed by atoms with van der Waals surface area (Å²) >= 11 is 0. The number of hydrogen-bond acceptors (Lipinski definition) is 4. The standard InChI is InChI=1S/C17H30N2O2/c1-17(2,3)18-11-16-14(8-10-21-16)12-19(4)13-15-7-5-6-9-20-15/h8,10,15,18H,5-7,9,11-13H2,1-4H3. The molecule has 0 aromatic carbocycles. The van der Waals surface area contributed by atoms with Crippen molar-refractivity contribution in [3.05, 3.63) is 23.7 Å². The summed E-state index contributed by atoms with van der Waals surface area (Å²) in [6.07, 6.45) is 5.88. The van der Waals surface area contributed by atoms with Crippen LogP contribution in [0.1, 0.15) is 51.4 Å². The molecule has 1 aromatic rings. The van der Waals surface area contributed by atoms with Gasteiger partial charge in [-0.05, 0) is 53.1 Å². The molecule has 0 radical (unpaired) electrons. The fourth-order valence-corrected chi connectivity index (χ4v) is 2.66. The number of nitrogens with zero attached hydrogens (tertiary/aromatic N) is 1. The molecule has 1 atom stereocenters. The van der Waals surface area contributed by atoms with Crippen LogP contribution < -0.4 is 5.32 Å². The molecule has 1 aliphatic heterocycles. The van der Waals surface area contributed by atoms with Crippen molar-refractivity contribution < 1.29 is 9.15 Å². The largest absolute Gasteiger partial charge is 0.468 e. The number of hydrogen-bond donors (Lipinski definition) is 1. The van der Waals surface area contributed by atoms with Crippen LogP contribution in [0.15, 0.2) is 16.7 Å². The lowest BCUT2D eigenvalue weighted by Gasteiger charge is -2.27. The normalized spacial score (nSPS) is 20.1. The molecule has 1 aromatic heterocycles. The van der Waals surface area contributed by atoms with E-state index in [1.165, 1.54) is 24.8 Å². The van der Waals surface area contributed by atoms with Gasteiger partial charge in [0.15, 0.2) is 0 Å². The second kappa shape index (κ2) is 7.43. The lowest BCUT2D eigenvalue weighted by Crippen LogP contribution is -2.35. The Morgan fingerprint density at radius 3 is 2.81 bits per heavy atom. The summed E-state index contributed by atoms with van der Waals surface area (Å²) in [7, 11) is 2.16. The maximum atomic E-state index is 5.81. The van der Waals surface area contributed by atoms with E-state index in [0.29, 0.717) is 6.10 Å². The summed E-state index contributed by atoms with van der Waals surface area (Å²) < 4.78 is 11.4. The summed E-state index contributed by atoms with van der Waals surface area (Å²) in [4.78, 5) is 2.33. The lowest BCUT2D eigenvalue weighted by molar-refractivity contribution is -0.00266. The van der Waals surface area contributed by atoms with Crippen molar-refractivity contribution in [3.8, 4) is 0 Å². The molecule has 1 fully saturated rings. The fraction of sp³-hybridized carbons (Fsp3) is 0.765. The van der Waals surface area contributed by atoms with Crippen LogP contribution in [0.25, 0.3) is 0 Å². The first kappa shape index (κ1) is 16.5. The molecule has 21 heavy (non-hydrogen) atoms. The predicted molar refractivity (Wildman–Crippen MR) is 85.2 cm³/mol. The fourth-order valence-electron chi connectivity index (χ4n) is 2.66. The van der Waals surface area contributed by atoms with Crippen molar-refractivity contribution in [2.24, 2.45) is 0 Å². The minimum atomic E-state index is 0.103. The summed E-state index contributed by atoms with van der Waals surface area (Å²) in [6, 6.07) is 2.08. The highest BCUT2D eigenvalue weighted by Gasteiger charge is 2.18. The van der Waals surface area contributed by atoms with Gasteiger partial charge in [-0.1, -0.05) is 0 Å². The van der Waals surface area contributed by atoms with Crippen molar-refractivity contribution >= 4 is 0 Å². The third-order valence-corrected chi connectivity index (χ3v) is 3.85. The van der Waals surface area contributed by atoms with Crippen LogP contribution in [-0.2, 0) is 17.8 Å². The average molecular weight is 294 g/mol.